The van der Waals surface area contributed by atoms with Crippen molar-refractivity contribution in [3.05, 3.63) is 46.7 Å². The quantitative estimate of drug-likeness (QED) is 0.790. The Labute approximate surface area is 143 Å². The van der Waals surface area contributed by atoms with Gasteiger partial charge >= 0.3 is 6.18 Å². The zero-order chi connectivity index (χ0) is 17.7. The minimum absolute atomic E-state index is 0.0137. The zero-order valence-electron chi connectivity index (χ0n) is 13.3. The van der Waals surface area contributed by atoms with E-state index in [-0.39, 0.29) is 18.1 Å². The van der Waals surface area contributed by atoms with Gasteiger partial charge in [0.05, 0.1) is 0 Å². The Bertz CT molecular complexity index is 689. The van der Waals surface area contributed by atoms with E-state index < -0.39 is 11.9 Å². The number of aromatic nitrogens is 2. The van der Waals surface area contributed by atoms with E-state index in [0.29, 0.717) is 23.2 Å². The Balaban J connectivity index is 2.22. The molecule has 0 radical (unpaired) electrons. The summed E-state index contributed by atoms with van der Waals surface area (Å²) >= 11 is 5.85. The molecule has 0 unspecified atom stereocenters. The summed E-state index contributed by atoms with van der Waals surface area (Å²) in [5.41, 5.74) is -0.417. The van der Waals surface area contributed by atoms with Crippen LogP contribution in [0, 0.1) is 5.92 Å². The van der Waals surface area contributed by atoms with Crippen molar-refractivity contribution in [1.82, 2.24) is 15.3 Å². The van der Waals surface area contributed by atoms with Gasteiger partial charge in [-0.1, -0.05) is 31.5 Å². The number of rotatable bonds is 6. The number of nitrogens with one attached hydrogen (secondary N) is 2. The topological polar surface area (TPSA) is 49.8 Å². The molecule has 0 aliphatic rings. The van der Waals surface area contributed by atoms with Gasteiger partial charge in [-0.15, -0.1) is 0 Å². The van der Waals surface area contributed by atoms with Gasteiger partial charge in [0.15, 0.2) is 5.69 Å². The molecule has 2 N–H and O–H groups in total. The molecule has 130 valence electrons. The standard InChI is InChI=1S/C16H18ClF3N4/c1-10(2)7-21-8-11-9-22-15(24-14(11)16(18,19)20)23-13-5-3-4-12(17)6-13/h3-6,9-10,21H,7-8H2,1-2H3,(H,22,23,24). The first-order valence-electron chi connectivity index (χ1n) is 7.42. The molecular weight excluding hydrogens is 341 g/mol. The number of hydrogen-bond acceptors (Lipinski definition) is 4. The molecule has 2 rings (SSSR count). The van der Waals surface area contributed by atoms with E-state index in [9.17, 15) is 13.2 Å². The molecule has 24 heavy (non-hydrogen) atoms. The lowest BCUT2D eigenvalue weighted by molar-refractivity contribution is -0.141. The average Bonchev–Trinajstić information content (AvgIpc) is 2.47. The molecule has 0 saturated heterocycles. The number of alkyl halides is 3. The minimum atomic E-state index is -4.55. The van der Waals surface area contributed by atoms with Gasteiger partial charge in [0.25, 0.3) is 0 Å². The molecule has 0 spiro atoms. The van der Waals surface area contributed by atoms with Crippen molar-refractivity contribution in [1.29, 1.82) is 0 Å². The van der Waals surface area contributed by atoms with Gasteiger partial charge in [0.1, 0.15) is 0 Å². The van der Waals surface area contributed by atoms with E-state index in [1.807, 2.05) is 13.8 Å². The lowest BCUT2D eigenvalue weighted by Gasteiger charge is -2.14. The molecule has 1 heterocycles. The van der Waals surface area contributed by atoms with Crippen LogP contribution in [0.2, 0.25) is 5.02 Å². The van der Waals surface area contributed by atoms with Crippen molar-refractivity contribution in [3.63, 3.8) is 0 Å². The second-order valence-electron chi connectivity index (χ2n) is 5.73. The normalized spacial score (nSPS) is 11.8. The first-order valence-corrected chi connectivity index (χ1v) is 7.80. The maximum atomic E-state index is 13.3. The summed E-state index contributed by atoms with van der Waals surface area (Å²) in [4.78, 5) is 7.61. The van der Waals surface area contributed by atoms with Crippen molar-refractivity contribution < 1.29 is 13.2 Å². The molecule has 4 nitrogen and oxygen atoms in total. The summed E-state index contributed by atoms with van der Waals surface area (Å²) in [7, 11) is 0. The first kappa shape index (κ1) is 18.5. The fourth-order valence-electron chi connectivity index (χ4n) is 2.03. The van der Waals surface area contributed by atoms with Crippen LogP contribution in [0.3, 0.4) is 0 Å². The second kappa shape index (κ2) is 7.81. The molecule has 0 atom stereocenters. The molecule has 0 saturated carbocycles. The smallest absolute Gasteiger partial charge is 0.324 e. The van der Waals surface area contributed by atoms with Crippen molar-refractivity contribution in [2.24, 2.45) is 5.92 Å². The molecule has 0 aliphatic heterocycles. The van der Waals surface area contributed by atoms with Gasteiger partial charge in [-0.25, -0.2) is 9.97 Å². The number of hydrogen-bond donors (Lipinski definition) is 2. The highest BCUT2D eigenvalue weighted by Gasteiger charge is 2.36. The molecule has 0 bridgehead atoms. The number of nitrogens with zero attached hydrogens (tertiary/aromatic N) is 2. The van der Waals surface area contributed by atoms with Crippen LogP contribution in [0.15, 0.2) is 30.5 Å². The predicted molar refractivity (Wildman–Crippen MR) is 88.3 cm³/mol. The van der Waals surface area contributed by atoms with Crippen LogP contribution in [0.5, 0.6) is 0 Å². The molecule has 8 heteroatoms. The van der Waals surface area contributed by atoms with E-state index in [1.54, 1.807) is 24.3 Å². The average molecular weight is 359 g/mol. The van der Waals surface area contributed by atoms with E-state index in [0.717, 1.165) is 0 Å². The monoisotopic (exact) mass is 358 g/mol. The van der Waals surface area contributed by atoms with Crippen molar-refractivity contribution in [2.75, 3.05) is 11.9 Å². The fourth-order valence-corrected chi connectivity index (χ4v) is 2.22. The van der Waals surface area contributed by atoms with Gasteiger partial charge in [0, 0.05) is 29.0 Å². The number of anilines is 2. The van der Waals surface area contributed by atoms with Gasteiger partial charge in [-0.05, 0) is 30.7 Å². The van der Waals surface area contributed by atoms with Crippen molar-refractivity contribution in [3.8, 4) is 0 Å². The third-order valence-corrected chi connectivity index (χ3v) is 3.32. The van der Waals surface area contributed by atoms with Crippen LogP contribution in [0.1, 0.15) is 25.1 Å². The number of halogens is 4. The Morgan fingerprint density at radius 1 is 1.25 bits per heavy atom. The summed E-state index contributed by atoms with van der Waals surface area (Å²) < 4.78 is 39.8. The van der Waals surface area contributed by atoms with Crippen LogP contribution in [0.25, 0.3) is 0 Å². The summed E-state index contributed by atoms with van der Waals surface area (Å²) in [6.45, 7) is 4.63. The Kier molecular flexibility index (Phi) is 6.01. The lowest BCUT2D eigenvalue weighted by Crippen LogP contribution is -2.23. The van der Waals surface area contributed by atoms with E-state index in [4.69, 9.17) is 11.6 Å². The largest absolute Gasteiger partial charge is 0.433 e. The van der Waals surface area contributed by atoms with Crippen LogP contribution in [0.4, 0.5) is 24.8 Å². The van der Waals surface area contributed by atoms with Crippen LogP contribution in [-0.2, 0) is 12.7 Å². The summed E-state index contributed by atoms with van der Waals surface area (Å²) in [5.74, 6) is 0.209. The second-order valence-corrected chi connectivity index (χ2v) is 6.16. The maximum absolute atomic E-state index is 13.3. The Morgan fingerprint density at radius 2 is 2.00 bits per heavy atom. The van der Waals surface area contributed by atoms with Gasteiger partial charge in [0.2, 0.25) is 5.95 Å². The third-order valence-electron chi connectivity index (χ3n) is 3.08. The highest BCUT2D eigenvalue weighted by molar-refractivity contribution is 6.30. The highest BCUT2D eigenvalue weighted by Crippen LogP contribution is 2.31. The predicted octanol–water partition coefficient (Wildman–Crippen LogP) is 4.64. The zero-order valence-corrected chi connectivity index (χ0v) is 14.0. The van der Waals surface area contributed by atoms with E-state index >= 15 is 0 Å². The molecule has 2 aromatic rings. The molecule has 0 aliphatic carbocycles. The molecule has 0 amide bonds. The summed E-state index contributed by atoms with van der Waals surface area (Å²) in [5, 5.41) is 6.17. The first-order chi connectivity index (χ1) is 11.3. The fraction of sp³-hybridized carbons (Fsp3) is 0.375. The van der Waals surface area contributed by atoms with Gasteiger partial charge < -0.3 is 10.6 Å². The van der Waals surface area contributed by atoms with Gasteiger partial charge in [-0.2, -0.15) is 13.2 Å². The maximum Gasteiger partial charge on any atom is 0.433 e. The third kappa shape index (κ3) is 5.35. The van der Waals surface area contributed by atoms with Crippen molar-refractivity contribution >= 4 is 23.2 Å². The van der Waals surface area contributed by atoms with E-state index in [2.05, 4.69) is 20.6 Å². The SMILES string of the molecule is CC(C)CNCc1cnc(Nc2cccc(Cl)c2)nc1C(F)(F)F. The van der Waals surface area contributed by atoms with Crippen LogP contribution >= 0.6 is 11.6 Å². The molecule has 1 aromatic heterocycles. The van der Waals surface area contributed by atoms with Crippen LogP contribution in [-0.4, -0.2) is 16.5 Å². The highest BCUT2D eigenvalue weighted by atomic mass is 35.5. The molecule has 0 fully saturated rings. The summed E-state index contributed by atoms with van der Waals surface area (Å²) in [6.07, 6.45) is -3.36. The summed E-state index contributed by atoms with van der Waals surface area (Å²) in [6, 6.07) is 6.59. The van der Waals surface area contributed by atoms with Crippen molar-refractivity contribution in [2.45, 2.75) is 26.6 Å². The molecule has 1 aromatic carbocycles. The van der Waals surface area contributed by atoms with Gasteiger partial charge in [-0.3, -0.25) is 0 Å². The minimum Gasteiger partial charge on any atom is -0.324 e. The Hall–Kier alpha value is -1.86. The van der Waals surface area contributed by atoms with E-state index in [1.165, 1.54) is 6.20 Å². The lowest BCUT2D eigenvalue weighted by atomic mass is 10.2. The number of benzene rings is 1. The Morgan fingerprint density at radius 3 is 2.62 bits per heavy atom. The molecular formula is C16H18ClF3N4. The van der Waals surface area contributed by atoms with Crippen LogP contribution < -0.4 is 10.6 Å².